The van der Waals surface area contributed by atoms with Crippen LogP contribution < -0.4 is 0 Å². The van der Waals surface area contributed by atoms with Gasteiger partial charge in [-0.05, 0) is 61.7 Å². The van der Waals surface area contributed by atoms with E-state index < -0.39 is 4.92 Å². The molecular weight excluding hydrogens is 409 g/mol. The molecule has 29 heavy (non-hydrogen) atoms. The normalized spacial score (nSPS) is 11.4. The monoisotopic (exact) mass is 425 g/mol. The van der Waals surface area contributed by atoms with Gasteiger partial charge in [-0.2, -0.15) is 5.26 Å². The second-order valence-corrected chi connectivity index (χ2v) is 7.50. The smallest absolute Gasteiger partial charge is 0.271 e. The van der Waals surface area contributed by atoms with Crippen LogP contribution in [0.2, 0.25) is 10.0 Å². The molecule has 0 saturated heterocycles. The molecule has 0 aliphatic carbocycles. The van der Waals surface area contributed by atoms with Gasteiger partial charge in [0.15, 0.2) is 0 Å². The number of aromatic nitrogens is 1. The van der Waals surface area contributed by atoms with E-state index in [2.05, 4.69) is 6.07 Å². The van der Waals surface area contributed by atoms with Crippen molar-refractivity contribution in [2.75, 3.05) is 0 Å². The highest BCUT2D eigenvalue weighted by Crippen LogP contribution is 2.30. The minimum atomic E-state index is -0.407. The summed E-state index contributed by atoms with van der Waals surface area (Å²) in [6.45, 7) is 5.75. The van der Waals surface area contributed by atoms with Crippen molar-refractivity contribution in [3.63, 3.8) is 0 Å². The van der Waals surface area contributed by atoms with E-state index in [1.165, 1.54) is 6.07 Å². The second-order valence-electron chi connectivity index (χ2n) is 6.69. The van der Waals surface area contributed by atoms with Gasteiger partial charge in [-0.25, -0.2) is 0 Å². The Bertz CT molecular complexity index is 1200. The highest BCUT2D eigenvalue weighted by Gasteiger charge is 2.16. The molecule has 0 radical (unpaired) electrons. The average molecular weight is 426 g/mol. The minimum Gasteiger partial charge on any atom is -0.317 e. The van der Waals surface area contributed by atoms with Crippen molar-refractivity contribution in [2.45, 2.75) is 20.8 Å². The van der Waals surface area contributed by atoms with Crippen molar-refractivity contribution in [3.05, 3.63) is 90.7 Å². The third-order valence-corrected chi connectivity index (χ3v) is 5.50. The number of nitriles is 1. The Morgan fingerprint density at radius 1 is 1.10 bits per heavy atom. The van der Waals surface area contributed by atoms with E-state index in [4.69, 9.17) is 23.2 Å². The van der Waals surface area contributed by atoms with Crippen molar-refractivity contribution in [2.24, 2.45) is 0 Å². The minimum absolute atomic E-state index is 0.0312. The summed E-state index contributed by atoms with van der Waals surface area (Å²) in [5, 5.41) is 21.6. The summed E-state index contributed by atoms with van der Waals surface area (Å²) in [5.41, 5.74) is 5.42. The lowest BCUT2D eigenvalue weighted by Crippen LogP contribution is -2.02. The van der Waals surface area contributed by atoms with Gasteiger partial charge in [-0.1, -0.05) is 35.3 Å². The number of nitrogens with zero attached hydrogens (tertiary/aromatic N) is 3. The molecule has 0 N–H and O–H groups in total. The average Bonchev–Trinajstić information content (AvgIpc) is 2.95. The molecule has 0 aliphatic heterocycles. The van der Waals surface area contributed by atoms with E-state index in [0.717, 1.165) is 28.2 Å². The van der Waals surface area contributed by atoms with Gasteiger partial charge >= 0.3 is 0 Å². The van der Waals surface area contributed by atoms with E-state index >= 15 is 0 Å². The van der Waals surface area contributed by atoms with Gasteiger partial charge in [0.2, 0.25) is 0 Å². The maximum absolute atomic E-state index is 11.2. The lowest BCUT2D eigenvalue weighted by Gasteiger charge is -2.12. The topological polar surface area (TPSA) is 71.9 Å². The summed E-state index contributed by atoms with van der Waals surface area (Å²) in [6, 6.07) is 14.0. The molecule has 0 spiro atoms. The molecule has 2 aromatic carbocycles. The Morgan fingerprint density at radius 2 is 1.83 bits per heavy atom. The van der Waals surface area contributed by atoms with E-state index in [9.17, 15) is 15.4 Å². The number of benzene rings is 2. The molecule has 0 bridgehead atoms. The maximum atomic E-state index is 11.2. The molecule has 146 valence electrons. The molecule has 1 heterocycles. The van der Waals surface area contributed by atoms with Gasteiger partial charge in [0.1, 0.15) is 0 Å². The molecule has 7 heteroatoms. The van der Waals surface area contributed by atoms with E-state index in [1.807, 2.05) is 31.4 Å². The first kappa shape index (κ1) is 20.7. The Hall–Kier alpha value is -3.07. The zero-order chi connectivity index (χ0) is 21.3. The van der Waals surface area contributed by atoms with Crippen molar-refractivity contribution in [1.82, 2.24) is 4.57 Å². The van der Waals surface area contributed by atoms with Gasteiger partial charge in [0.25, 0.3) is 5.69 Å². The third kappa shape index (κ3) is 4.04. The van der Waals surface area contributed by atoms with Gasteiger partial charge < -0.3 is 4.57 Å². The Morgan fingerprint density at radius 3 is 2.45 bits per heavy atom. The van der Waals surface area contributed by atoms with Gasteiger partial charge in [0.05, 0.1) is 32.3 Å². The number of allylic oxidation sites excluding steroid dienone is 1. The number of nitro benzene ring substituents is 1. The first-order chi connectivity index (χ1) is 13.7. The lowest BCUT2D eigenvalue weighted by molar-refractivity contribution is -0.384. The third-order valence-electron chi connectivity index (χ3n) is 4.77. The fourth-order valence-corrected chi connectivity index (χ4v) is 3.55. The maximum Gasteiger partial charge on any atom is 0.271 e. The summed E-state index contributed by atoms with van der Waals surface area (Å²) in [7, 11) is 0. The van der Waals surface area contributed by atoms with Gasteiger partial charge in [0, 0.05) is 23.5 Å². The predicted molar refractivity (Wildman–Crippen MR) is 117 cm³/mol. The molecule has 3 aromatic rings. The number of hydrogen-bond donors (Lipinski definition) is 0. The van der Waals surface area contributed by atoms with E-state index in [-0.39, 0.29) is 5.69 Å². The zero-order valence-electron chi connectivity index (χ0n) is 16.0. The molecule has 0 atom stereocenters. The summed E-state index contributed by atoms with van der Waals surface area (Å²) < 4.78 is 1.96. The van der Waals surface area contributed by atoms with Crippen LogP contribution in [0.15, 0.2) is 42.5 Å². The fraction of sp³-hybridized carbons (Fsp3) is 0.136. The quantitative estimate of drug-likeness (QED) is 0.265. The van der Waals surface area contributed by atoms with Crippen molar-refractivity contribution in [3.8, 4) is 11.8 Å². The Labute approximate surface area is 178 Å². The number of aryl methyl sites for hydroxylation is 2. The van der Waals surface area contributed by atoms with Crippen LogP contribution in [0.5, 0.6) is 0 Å². The Balaban J connectivity index is 2.14. The summed E-state index contributed by atoms with van der Waals surface area (Å²) in [6.07, 6.45) is 1.78. The van der Waals surface area contributed by atoms with Crippen LogP contribution in [-0.2, 0) is 0 Å². The lowest BCUT2D eigenvalue weighted by atomic mass is 10.0. The van der Waals surface area contributed by atoms with E-state index in [0.29, 0.717) is 21.2 Å². The molecule has 0 fully saturated rings. The SMILES string of the molecule is Cc1ccc([N+](=O)[O-])cc1-n1c(C)cc(/C=C(/C#N)c2ccc(Cl)c(Cl)c2)c1C. The van der Waals surface area contributed by atoms with Gasteiger partial charge in [-0.15, -0.1) is 0 Å². The van der Waals surface area contributed by atoms with Crippen LogP contribution in [-0.4, -0.2) is 9.49 Å². The van der Waals surface area contributed by atoms with E-state index in [1.54, 1.807) is 36.4 Å². The summed E-state index contributed by atoms with van der Waals surface area (Å²) in [4.78, 5) is 10.8. The molecule has 0 amide bonds. The number of hydrogen-bond acceptors (Lipinski definition) is 3. The summed E-state index contributed by atoms with van der Waals surface area (Å²) >= 11 is 12.1. The number of rotatable bonds is 4. The molecule has 0 unspecified atom stereocenters. The van der Waals surface area contributed by atoms with Crippen LogP contribution in [0.1, 0.15) is 28.1 Å². The summed E-state index contributed by atoms with van der Waals surface area (Å²) in [5.74, 6) is 0. The largest absolute Gasteiger partial charge is 0.317 e. The van der Waals surface area contributed by atoms with Crippen molar-refractivity contribution in [1.29, 1.82) is 5.26 Å². The Kier molecular flexibility index (Phi) is 5.78. The molecular formula is C22H17Cl2N3O2. The van der Waals surface area contributed by atoms with Crippen molar-refractivity contribution < 1.29 is 4.92 Å². The zero-order valence-corrected chi connectivity index (χ0v) is 17.5. The van der Waals surface area contributed by atoms with Crippen LogP contribution in [0.3, 0.4) is 0 Å². The molecule has 0 aliphatic rings. The highest BCUT2D eigenvalue weighted by molar-refractivity contribution is 6.42. The molecule has 0 saturated carbocycles. The molecule has 5 nitrogen and oxygen atoms in total. The van der Waals surface area contributed by atoms with Crippen LogP contribution >= 0.6 is 23.2 Å². The number of halogens is 2. The first-order valence-corrected chi connectivity index (χ1v) is 9.50. The number of nitro groups is 1. The second kappa shape index (κ2) is 8.12. The first-order valence-electron chi connectivity index (χ1n) is 8.74. The number of non-ortho nitro benzene ring substituents is 1. The van der Waals surface area contributed by atoms with Crippen LogP contribution in [0.25, 0.3) is 17.3 Å². The van der Waals surface area contributed by atoms with Gasteiger partial charge in [-0.3, -0.25) is 10.1 Å². The van der Waals surface area contributed by atoms with Crippen LogP contribution in [0.4, 0.5) is 5.69 Å². The molecule has 1 aromatic heterocycles. The van der Waals surface area contributed by atoms with Crippen LogP contribution in [0, 0.1) is 42.2 Å². The fourth-order valence-electron chi connectivity index (χ4n) is 3.26. The standard InChI is InChI=1S/C22H17Cl2N3O2/c1-13-4-6-19(27(28)29)11-22(13)26-14(2)8-17(15(26)3)9-18(12-25)16-5-7-20(23)21(24)10-16/h4-11H,1-3H3/b18-9-. The molecule has 3 rings (SSSR count). The highest BCUT2D eigenvalue weighted by atomic mass is 35.5. The predicted octanol–water partition coefficient (Wildman–Crippen LogP) is 6.68. The van der Waals surface area contributed by atoms with Crippen molar-refractivity contribution >= 4 is 40.5 Å².